The average molecular weight is 257 g/mol. The first kappa shape index (κ1) is 11.3. The molecule has 0 aliphatic rings. The van der Waals surface area contributed by atoms with Crippen LogP contribution in [0.4, 0.5) is 5.82 Å². The van der Waals surface area contributed by atoms with E-state index in [2.05, 4.69) is 14.9 Å². The number of nitrogen functional groups attached to an aromatic ring is 1. The van der Waals surface area contributed by atoms with E-state index in [0.29, 0.717) is 11.6 Å². The molecule has 2 heterocycles. The lowest BCUT2D eigenvalue weighted by molar-refractivity contribution is 0.0566. The number of ether oxygens (including phenoxy) is 1. The highest BCUT2D eigenvalue weighted by Gasteiger charge is 2.13. The molecular weight excluding hydrogens is 246 g/mol. The maximum absolute atomic E-state index is 11.3. The molecule has 0 amide bonds. The quantitative estimate of drug-likeness (QED) is 0.686. The summed E-state index contributed by atoms with van der Waals surface area (Å²) < 4.78 is 10.0. The standard InChI is InChI=1S/C13H11N3O3/c1-18-13(17)11-5-4-10(19-11)7-2-3-9-8(6-7)12(14)16-15-9/h2-6H,1H3,(H3,14,15,16). The van der Waals surface area contributed by atoms with Crippen molar-refractivity contribution in [2.75, 3.05) is 12.8 Å². The number of esters is 1. The van der Waals surface area contributed by atoms with Crippen LogP contribution in [0, 0.1) is 0 Å². The van der Waals surface area contributed by atoms with E-state index in [0.717, 1.165) is 16.5 Å². The number of rotatable bonds is 2. The summed E-state index contributed by atoms with van der Waals surface area (Å²) in [6, 6.07) is 8.86. The predicted molar refractivity (Wildman–Crippen MR) is 69.5 cm³/mol. The molecule has 96 valence electrons. The number of hydrogen-bond donors (Lipinski definition) is 2. The predicted octanol–water partition coefficient (Wildman–Crippen LogP) is 2.19. The van der Waals surface area contributed by atoms with Gasteiger partial charge in [-0.2, -0.15) is 5.10 Å². The normalized spacial score (nSPS) is 10.8. The molecule has 0 saturated heterocycles. The van der Waals surface area contributed by atoms with E-state index in [1.54, 1.807) is 12.1 Å². The molecule has 0 radical (unpaired) electrons. The fourth-order valence-corrected chi connectivity index (χ4v) is 1.89. The first-order valence-electron chi connectivity index (χ1n) is 5.61. The molecule has 0 unspecified atom stereocenters. The van der Waals surface area contributed by atoms with Gasteiger partial charge in [0, 0.05) is 10.9 Å². The topological polar surface area (TPSA) is 94.1 Å². The van der Waals surface area contributed by atoms with Crippen LogP contribution in [0.25, 0.3) is 22.2 Å². The lowest BCUT2D eigenvalue weighted by atomic mass is 10.1. The molecule has 0 fully saturated rings. The number of nitrogens with one attached hydrogen (secondary N) is 1. The Morgan fingerprint density at radius 1 is 1.37 bits per heavy atom. The number of furan rings is 1. The van der Waals surface area contributed by atoms with Crippen LogP contribution in [0.1, 0.15) is 10.6 Å². The number of H-pyrrole nitrogens is 1. The third kappa shape index (κ3) is 1.83. The van der Waals surface area contributed by atoms with Crippen molar-refractivity contribution in [3.05, 3.63) is 36.1 Å². The molecule has 3 N–H and O–H groups in total. The van der Waals surface area contributed by atoms with Crippen molar-refractivity contribution in [2.24, 2.45) is 0 Å². The Hall–Kier alpha value is -2.76. The van der Waals surface area contributed by atoms with Gasteiger partial charge >= 0.3 is 5.97 Å². The lowest BCUT2D eigenvalue weighted by Crippen LogP contribution is -1.98. The summed E-state index contributed by atoms with van der Waals surface area (Å²) in [6.07, 6.45) is 0. The molecule has 3 aromatic rings. The smallest absolute Gasteiger partial charge is 0.373 e. The van der Waals surface area contributed by atoms with E-state index >= 15 is 0 Å². The van der Waals surface area contributed by atoms with Crippen LogP contribution in [-0.2, 0) is 4.74 Å². The second-order valence-corrected chi connectivity index (χ2v) is 4.02. The van der Waals surface area contributed by atoms with Crippen LogP contribution in [0.15, 0.2) is 34.7 Å². The Kier molecular flexibility index (Phi) is 2.49. The highest BCUT2D eigenvalue weighted by molar-refractivity contribution is 5.92. The average Bonchev–Trinajstić information content (AvgIpc) is 3.05. The minimum Gasteiger partial charge on any atom is -0.463 e. The summed E-state index contributed by atoms with van der Waals surface area (Å²) in [5.74, 6) is 0.660. The van der Waals surface area contributed by atoms with Gasteiger partial charge < -0.3 is 14.9 Å². The van der Waals surface area contributed by atoms with Crippen molar-refractivity contribution in [3.63, 3.8) is 0 Å². The van der Waals surface area contributed by atoms with Crippen LogP contribution in [0.3, 0.4) is 0 Å². The molecule has 0 atom stereocenters. The maximum atomic E-state index is 11.3. The van der Waals surface area contributed by atoms with E-state index < -0.39 is 5.97 Å². The molecule has 0 bridgehead atoms. The number of nitrogens with zero attached hydrogens (tertiary/aromatic N) is 1. The minimum atomic E-state index is -0.504. The second kappa shape index (κ2) is 4.16. The van der Waals surface area contributed by atoms with Crippen LogP contribution in [-0.4, -0.2) is 23.3 Å². The molecule has 19 heavy (non-hydrogen) atoms. The molecule has 3 rings (SSSR count). The molecule has 6 heteroatoms. The molecule has 6 nitrogen and oxygen atoms in total. The number of methoxy groups -OCH3 is 1. The van der Waals surface area contributed by atoms with Gasteiger partial charge in [-0.15, -0.1) is 0 Å². The number of aromatic amines is 1. The molecule has 0 saturated carbocycles. The van der Waals surface area contributed by atoms with Gasteiger partial charge in [0.15, 0.2) is 5.82 Å². The van der Waals surface area contributed by atoms with Crippen molar-refractivity contribution in [1.82, 2.24) is 10.2 Å². The van der Waals surface area contributed by atoms with Gasteiger partial charge in [0.25, 0.3) is 0 Å². The highest BCUT2D eigenvalue weighted by Crippen LogP contribution is 2.27. The number of benzene rings is 1. The number of fused-ring (bicyclic) bond motifs is 1. The molecular formula is C13H11N3O3. The van der Waals surface area contributed by atoms with Crippen LogP contribution >= 0.6 is 0 Å². The summed E-state index contributed by atoms with van der Waals surface area (Å²) in [4.78, 5) is 11.3. The van der Waals surface area contributed by atoms with Gasteiger partial charge in [-0.05, 0) is 30.3 Å². The third-order valence-electron chi connectivity index (χ3n) is 2.87. The van der Waals surface area contributed by atoms with Gasteiger partial charge in [-0.3, -0.25) is 5.10 Å². The zero-order valence-corrected chi connectivity index (χ0v) is 10.1. The van der Waals surface area contributed by atoms with Gasteiger partial charge in [-0.1, -0.05) is 0 Å². The van der Waals surface area contributed by atoms with Crippen molar-refractivity contribution in [2.45, 2.75) is 0 Å². The largest absolute Gasteiger partial charge is 0.463 e. The van der Waals surface area contributed by atoms with Crippen molar-refractivity contribution < 1.29 is 13.9 Å². The van der Waals surface area contributed by atoms with Crippen molar-refractivity contribution in [3.8, 4) is 11.3 Å². The first-order chi connectivity index (χ1) is 9.19. The number of carbonyl (C=O) groups is 1. The third-order valence-corrected chi connectivity index (χ3v) is 2.87. The summed E-state index contributed by atoms with van der Waals surface area (Å²) in [7, 11) is 1.31. The van der Waals surface area contributed by atoms with Crippen molar-refractivity contribution >= 4 is 22.7 Å². The van der Waals surface area contributed by atoms with E-state index in [1.165, 1.54) is 7.11 Å². The molecule has 0 aliphatic heterocycles. The Morgan fingerprint density at radius 3 is 3.00 bits per heavy atom. The number of nitrogens with two attached hydrogens (primary N) is 1. The Morgan fingerprint density at radius 2 is 2.21 bits per heavy atom. The molecule has 0 aliphatic carbocycles. The van der Waals surface area contributed by atoms with Gasteiger partial charge in [0.2, 0.25) is 5.76 Å². The summed E-state index contributed by atoms with van der Waals surface area (Å²) in [6.45, 7) is 0. The zero-order valence-electron chi connectivity index (χ0n) is 10.1. The number of aromatic nitrogens is 2. The van der Waals surface area contributed by atoms with E-state index in [4.69, 9.17) is 10.2 Å². The summed E-state index contributed by atoms with van der Waals surface area (Å²) >= 11 is 0. The van der Waals surface area contributed by atoms with E-state index in [1.807, 2.05) is 18.2 Å². The van der Waals surface area contributed by atoms with Crippen LogP contribution < -0.4 is 5.73 Å². The number of carbonyl (C=O) groups excluding carboxylic acids is 1. The highest BCUT2D eigenvalue weighted by atomic mass is 16.5. The Labute approximate surface area is 108 Å². The van der Waals surface area contributed by atoms with Gasteiger partial charge in [-0.25, -0.2) is 4.79 Å². The number of anilines is 1. The fourth-order valence-electron chi connectivity index (χ4n) is 1.89. The van der Waals surface area contributed by atoms with Crippen LogP contribution in [0.2, 0.25) is 0 Å². The van der Waals surface area contributed by atoms with E-state index in [9.17, 15) is 4.79 Å². The van der Waals surface area contributed by atoms with Gasteiger partial charge in [0.1, 0.15) is 5.76 Å². The molecule has 2 aromatic heterocycles. The Balaban J connectivity index is 2.06. The lowest BCUT2D eigenvalue weighted by Gasteiger charge is -1.98. The Bertz CT molecular complexity index is 757. The minimum absolute atomic E-state index is 0.165. The maximum Gasteiger partial charge on any atom is 0.373 e. The zero-order chi connectivity index (χ0) is 13.4. The van der Waals surface area contributed by atoms with Crippen LogP contribution in [0.5, 0.6) is 0 Å². The second-order valence-electron chi connectivity index (χ2n) is 4.02. The monoisotopic (exact) mass is 257 g/mol. The van der Waals surface area contributed by atoms with Gasteiger partial charge in [0.05, 0.1) is 12.6 Å². The first-order valence-corrected chi connectivity index (χ1v) is 5.61. The summed E-state index contributed by atoms with van der Waals surface area (Å²) in [5, 5.41) is 7.56. The van der Waals surface area contributed by atoms with Crippen molar-refractivity contribution in [1.29, 1.82) is 0 Å². The summed E-state index contributed by atoms with van der Waals surface area (Å²) in [5.41, 5.74) is 7.41. The molecule has 0 spiro atoms. The fraction of sp³-hybridized carbons (Fsp3) is 0.0769. The van der Waals surface area contributed by atoms with E-state index in [-0.39, 0.29) is 5.76 Å². The molecule has 1 aromatic carbocycles. The SMILES string of the molecule is COC(=O)c1ccc(-c2ccc3[nH]nc(N)c3c2)o1. The number of hydrogen-bond acceptors (Lipinski definition) is 5.